The van der Waals surface area contributed by atoms with Crippen molar-refractivity contribution in [3.8, 4) is 50.2 Å². The Kier molecular flexibility index (Phi) is 8.87. The first-order chi connectivity index (χ1) is 29.8. The lowest BCUT2D eigenvalue weighted by molar-refractivity contribution is 1.18. The molecule has 0 saturated carbocycles. The number of fused-ring (bicyclic) bond motifs is 4. The van der Waals surface area contributed by atoms with Crippen molar-refractivity contribution >= 4 is 49.6 Å². The molecule has 60 heavy (non-hydrogen) atoms. The number of nitrogens with zero attached hydrogens (tertiary/aromatic N) is 2. The molecule has 2 nitrogen and oxygen atoms in total. The molecule has 0 aliphatic heterocycles. The fraction of sp³-hybridized carbons (Fsp3) is 0. The standard InChI is InChI=1S/C58H40N2/c1-5-18-41(19-6-1)50-29-17-31-55(58(50)45-23-9-3-10-24-45)59(48-37-39-53-52-28-15-16-30-54(52)60(56(53)40-48)46-25-11-4-12-26-46)47-35-32-43(33-36-47)51-38-34-42-20-13-14-27-49(42)57(51)44-21-7-2-8-22-44/h1-40H. The lowest BCUT2D eigenvalue weighted by Gasteiger charge is -2.29. The molecule has 0 atom stereocenters. The lowest BCUT2D eigenvalue weighted by atomic mass is 9.89. The Balaban J connectivity index is 1.16. The van der Waals surface area contributed by atoms with Crippen LogP contribution in [-0.2, 0) is 0 Å². The molecule has 0 radical (unpaired) electrons. The van der Waals surface area contributed by atoms with Crippen molar-refractivity contribution in [3.63, 3.8) is 0 Å². The second kappa shape index (κ2) is 15.1. The predicted molar refractivity (Wildman–Crippen MR) is 255 cm³/mol. The van der Waals surface area contributed by atoms with Crippen molar-refractivity contribution in [2.75, 3.05) is 4.90 Å². The van der Waals surface area contributed by atoms with E-state index < -0.39 is 0 Å². The molecule has 0 saturated heterocycles. The smallest absolute Gasteiger partial charge is 0.0561 e. The van der Waals surface area contributed by atoms with Crippen molar-refractivity contribution < 1.29 is 0 Å². The van der Waals surface area contributed by atoms with Crippen LogP contribution in [0.25, 0.3) is 82.8 Å². The molecule has 0 aliphatic carbocycles. The van der Waals surface area contributed by atoms with Gasteiger partial charge in [-0.15, -0.1) is 0 Å². The van der Waals surface area contributed by atoms with Gasteiger partial charge in [0.2, 0.25) is 0 Å². The van der Waals surface area contributed by atoms with E-state index in [2.05, 4.69) is 252 Å². The molecule has 0 bridgehead atoms. The normalized spacial score (nSPS) is 11.3. The first kappa shape index (κ1) is 35.2. The highest BCUT2D eigenvalue weighted by Crippen LogP contribution is 2.47. The number of benzene rings is 10. The molecule has 0 spiro atoms. The van der Waals surface area contributed by atoms with Crippen LogP contribution in [0.4, 0.5) is 17.1 Å². The van der Waals surface area contributed by atoms with Gasteiger partial charge >= 0.3 is 0 Å². The van der Waals surface area contributed by atoms with Gasteiger partial charge in [0.25, 0.3) is 0 Å². The van der Waals surface area contributed by atoms with Crippen LogP contribution in [0.15, 0.2) is 243 Å². The van der Waals surface area contributed by atoms with Gasteiger partial charge in [0.15, 0.2) is 0 Å². The van der Waals surface area contributed by atoms with E-state index in [0.717, 1.165) is 33.8 Å². The van der Waals surface area contributed by atoms with Crippen LogP contribution in [0.3, 0.4) is 0 Å². The third-order valence-electron chi connectivity index (χ3n) is 11.8. The van der Waals surface area contributed by atoms with E-state index >= 15 is 0 Å². The van der Waals surface area contributed by atoms with Crippen LogP contribution in [0.1, 0.15) is 0 Å². The van der Waals surface area contributed by atoms with Crippen molar-refractivity contribution in [1.29, 1.82) is 0 Å². The number of anilines is 3. The van der Waals surface area contributed by atoms with Crippen LogP contribution >= 0.6 is 0 Å². The third-order valence-corrected chi connectivity index (χ3v) is 11.8. The Hall–Kier alpha value is -7.94. The fourth-order valence-corrected chi connectivity index (χ4v) is 9.09. The van der Waals surface area contributed by atoms with Gasteiger partial charge in [0.1, 0.15) is 0 Å². The number of hydrogen-bond acceptors (Lipinski definition) is 1. The first-order valence-electron chi connectivity index (χ1n) is 20.6. The van der Waals surface area contributed by atoms with Gasteiger partial charge in [-0.1, -0.05) is 194 Å². The SMILES string of the molecule is c1ccc(-c2cccc(N(c3ccc(-c4ccc5ccccc5c4-c4ccccc4)cc3)c3ccc4c5ccccc5n(-c5ccccc5)c4c3)c2-c2ccccc2)cc1. The molecular formula is C58H40N2. The summed E-state index contributed by atoms with van der Waals surface area (Å²) in [5.41, 5.74) is 16.3. The van der Waals surface area contributed by atoms with Crippen molar-refractivity contribution in [2.24, 2.45) is 0 Å². The van der Waals surface area contributed by atoms with Gasteiger partial charge in [0.05, 0.1) is 16.7 Å². The molecule has 1 heterocycles. The highest BCUT2D eigenvalue weighted by molar-refractivity contribution is 6.11. The van der Waals surface area contributed by atoms with Gasteiger partial charge in [-0.25, -0.2) is 0 Å². The quantitative estimate of drug-likeness (QED) is 0.150. The van der Waals surface area contributed by atoms with Crippen LogP contribution in [0, 0.1) is 0 Å². The Bertz CT molecular complexity index is 3280. The monoisotopic (exact) mass is 764 g/mol. The first-order valence-corrected chi connectivity index (χ1v) is 20.6. The van der Waals surface area contributed by atoms with Gasteiger partial charge < -0.3 is 9.47 Å². The van der Waals surface area contributed by atoms with Gasteiger partial charge in [-0.2, -0.15) is 0 Å². The molecule has 10 aromatic carbocycles. The third kappa shape index (κ3) is 6.14. The summed E-state index contributed by atoms with van der Waals surface area (Å²) in [7, 11) is 0. The summed E-state index contributed by atoms with van der Waals surface area (Å²) in [6.45, 7) is 0. The minimum atomic E-state index is 1.07. The van der Waals surface area contributed by atoms with Gasteiger partial charge in [-0.3, -0.25) is 0 Å². The Morgan fingerprint density at radius 3 is 1.55 bits per heavy atom. The molecule has 282 valence electrons. The van der Waals surface area contributed by atoms with Crippen LogP contribution in [0.5, 0.6) is 0 Å². The zero-order valence-electron chi connectivity index (χ0n) is 33.0. The van der Waals surface area contributed by atoms with E-state index in [9.17, 15) is 0 Å². The van der Waals surface area contributed by atoms with E-state index in [1.165, 1.54) is 66.0 Å². The number of hydrogen-bond donors (Lipinski definition) is 0. The second-order valence-corrected chi connectivity index (χ2v) is 15.3. The summed E-state index contributed by atoms with van der Waals surface area (Å²) in [4.78, 5) is 2.45. The topological polar surface area (TPSA) is 8.17 Å². The minimum absolute atomic E-state index is 1.07. The number of aromatic nitrogens is 1. The minimum Gasteiger partial charge on any atom is -0.310 e. The Morgan fingerprint density at radius 2 is 0.833 bits per heavy atom. The fourth-order valence-electron chi connectivity index (χ4n) is 9.09. The van der Waals surface area contributed by atoms with Crippen LogP contribution in [-0.4, -0.2) is 4.57 Å². The van der Waals surface area contributed by atoms with Crippen LogP contribution < -0.4 is 4.90 Å². The molecule has 0 unspecified atom stereocenters. The maximum Gasteiger partial charge on any atom is 0.0561 e. The van der Waals surface area contributed by atoms with Crippen LogP contribution in [0.2, 0.25) is 0 Å². The summed E-state index contributed by atoms with van der Waals surface area (Å²) >= 11 is 0. The predicted octanol–water partition coefficient (Wildman–Crippen LogP) is 16.1. The summed E-state index contributed by atoms with van der Waals surface area (Å²) in [5, 5.41) is 4.94. The van der Waals surface area contributed by atoms with Gasteiger partial charge in [0, 0.05) is 33.4 Å². The molecule has 11 rings (SSSR count). The van der Waals surface area contributed by atoms with Gasteiger partial charge in [-0.05, 0) is 98.2 Å². The lowest BCUT2D eigenvalue weighted by Crippen LogP contribution is -2.12. The van der Waals surface area contributed by atoms with E-state index in [1.54, 1.807) is 0 Å². The maximum absolute atomic E-state index is 2.45. The van der Waals surface area contributed by atoms with E-state index in [0.29, 0.717) is 0 Å². The highest BCUT2D eigenvalue weighted by atomic mass is 15.1. The molecular weight excluding hydrogens is 725 g/mol. The second-order valence-electron chi connectivity index (χ2n) is 15.3. The summed E-state index contributed by atoms with van der Waals surface area (Å²) in [5.74, 6) is 0. The molecule has 2 heteroatoms. The van der Waals surface area contributed by atoms with Crippen molar-refractivity contribution in [1.82, 2.24) is 4.57 Å². The maximum atomic E-state index is 2.45. The van der Waals surface area contributed by atoms with E-state index in [-0.39, 0.29) is 0 Å². The Morgan fingerprint density at radius 1 is 0.300 bits per heavy atom. The molecule has 0 amide bonds. The highest BCUT2D eigenvalue weighted by Gasteiger charge is 2.23. The average Bonchev–Trinajstić information content (AvgIpc) is 3.66. The molecule has 0 N–H and O–H groups in total. The Labute approximate surface area is 350 Å². The zero-order valence-corrected chi connectivity index (χ0v) is 33.0. The molecule has 1 aromatic heterocycles. The molecule has 0 fully saturated rings. The number of para-hydroxylation sites is 2. The molecule has 0 aliphatic rings. The average molecular weight is 765 g/mol. The summed E-state index contributed by atoms with van der Waals surface area (Å²) < 4.78 is 2.40. The van der Waals surface area contributed by atoms with E-state index in [1.807, 2.05) is 0 Å². The number of rotatable bonds is 8. The van der Waals surface area contributed by atoms with E-state index in [4.69, 9.17) is 0 Å². The summed E-state index contributed by atoms with van der Waals surface area (Å²) in [6.07, 6.45) is 0. The van der Waals surface area contributed by atoms with Crippen molar-refractivity contribution in [3.05, 3.63) is 243 Å². The zero-order chi connectivity index (χ0) is 39.8. The van der Waals surface area contributed by atoms with Crippen molar-refractivity contribution in [2.45, 2.75) is 0 Å². The molecule has 11 aromatic rings. The largest absolute Gasteiger partial charge is 0.310 e. The summed E-state index contributed by atoms with van der Waals surface area (Å²) in [6, 6.07) is 87.9.